The van der Waals surface area contributed by atoms with Gasteiger partial charge in [0.05, 0.1) is 18.2 Å². The molecular formula is C21H31N5O2S2. The molecule has 0 radical (unpaired) electrons. The molecule has 1 aliphatic rings. The summed E-state index contributed by atoms with van der Waals surface area (Å²) in [7, 11) is 0. The second-order valence-electron chi connectivity index (χ2n) is 8.36. The number of aromatic nitrogens is 3. The van der Waals surface area contributed by atoms with Crippen molar-refractivity contribution in [1.82, 2.24) is 20.3 Å². The number of hydrogen-bond donors (Lipinski definition) is 4. The van der Waals surface area contributed by atoms with Gasteiger partial charge in [0, 0.05) is 5.25 Å². The Morgan fingerprint density at radius 1 is 1.37 bits per heavy atom. The quantitative estimate of drug-likeness (QED) is 0.340. The van der Waals surface area contributed by atoms with E-state index in [9.17, 15) is 9.90 Å². The number of anilines is 1. The van der Waals surface area contributed by atoms with Crippen LogP contribution in [0.1, 0.15) is 47.5 Å². The molecule has 3 atom stereocenters. The summed E-state index contributed by atoms with van der Waals surface area (Å²) in [6, 6.07) is -0.131. The second kappa shape index (κ2) is 9.53. The highest BCUT2D eigenvalue weighted by Crippen LogP contribution is 2.35. The Balaban J connectivity index is 1.94. The van der Waals surface area contributed by atoms with Crippen LogP contribution >= 0.6 is 23.1 Å². The van der Waals surface area contributed by atoms with E-state index in [4.69, 9.17) is 4.98 Å². The molecule has 9 heteroatoms. The molecule has 164 valence electrons. The predicted octanol–water partition coefficient (Wildman–Crippen LogP) is 3.89. The molecule has 2 unspecified atom stereocenters. The van der Waals surface area contributed by atoms with Gasteiger partial charge in [0.1, 0.15) is 4.70 Å². The number of dihydropyridines is 1. The maximum absolute atomic E-state index is 12.0. The average Bonchev–Trinajstić information content (AvgIpc) is 3.05. The minimum Gasteiger partial charge on any atom is -0.394 e. The monoisotopic (exact) mass is 449 g/mol. The number of nitrogens with one attached hydrogen (secondary N) is 3. The van der Waals surface area contributed by atoms with Crippen LogP contribution in [0.2, 0.25) is 0 Å². The molecule has 0 fully saturated rings. The van der Waals surface area contributed by atoms with E-state index in [1.165, 1.54) is 5.57 Å². The molecule has 2 aromatic rings. The molecule has 3 heterocycles. The molecule has 0 saturated carbocycles. The van der Waals surface area contributed by atoms with Crippen molar-refractivity contribution in [3.8, 4) is 0 Å². The standard InChI is InChI=1S/C21H31N5O2S2/c1-6-15(21(5)10-13(4)7-8-22-21)29-19-24-17(23-14(11-27)9-12(2)3)16-18(25-19)26-20(28)30-16/h7-8,10,12,14-15,22,27H,6,9,11H2,1-5H3,(H2,23,24,25,26,28)/t14-,15?,21?/m1/s1. The second-order valence-corrected chi connectivity index (χ2v) is 10.5. The van der Waals surface area contributed by atoms with Gasteiger partial charge in [0.25, 0.3) is 0 Å². The summed E-state index contributed by atoms with van der Waals surface area (Å²) < 4.78 is 0.695. The molecule has 1 aliphatic heterocycles. The van der Waals surface area contributed by atoms with Crippen molar-refractivity contribution in [3.63, 3.8) is 0 Å². The molecule has 4 N–H and O–H groups in total. The Kier molecular flexibility index (Phi) is 7.26. The van der Waals surface area contributed by atoms with E-state index in [1.54, 1.807) is 11.8 Å². The fourth-order valence-corrected chi connectivity index (χ4v) is 5.59. The van der Waals surface area contributed by atoms with Crippen molar-refractivity contribution in [1.29, 1.82) is 0 Å². The van der Waals surface area contributed by atoms with Crippen molar-refractivity contribution >= 4 is 39.3 Å². The zero-order chi connectivity index (χ0) is 21.9. The number of fused-ring (bicyclic) bond motifs is 1. The summed E-state index contributed by atoms with van der Waals surface area (Å²) in [6.45, 7) is 10.7. The van der Waals surface area contributed by atoms with Gasteiger partial charge in [0.2, 0.25) is 0 Å². The topological polar surface area (TPSA) is 103 Å². The fraction of sp³-hybridized carbons (Fsp3) is 0.571. The van der Waals surface area contributed by atoms with Gasteiger partial charge in [-0.05, 0) is 44.9 Å². The van der Waals surface area contributed by atoms with Gasteiger partial charge in [-0.1, -0.05) is 55.5 Å². The number of rotatable bonds is 9. The Morgan fingerprint density at radius 2 is 2.13 bits per heavy atom. The fourth-order valence-electron chi connectivity index (χ4n) is 3.78. The molecule has 3 rings (SSSR count). The van der Waals surface area contributed by atoms with Gasteiger partial charge in [-0.2, -0.15) is 0 Å². The third-order valence-corrected chi connectivity index (χ3v) is 7.51. The van der Waals surface area contributed by atoms with Crippen molar-refractivity contribution in [3.05, 3.63) is 33.6 Å². The van der Waals surface area contributed by atoms with Gasteiger partial charge >= 0.3 is 4.87 Å². The normalized spacial score (nSPS) is 20.8. The Bertz CT molecular complexity index is 997. The van der Waals surface area contributed by atoms with E-state index in [0.717, 1.165) is 24.2 Å². The molecule has 0 aliphatic carbocycles. The SMILES string of the molecule is CCC(Sc1nc(N[C@@H](CO)CC(C)C)c2sc(=O)[nH]c2n1)C1(C)C=C(C)C=CN1. The Labute approximate surface area is 185 Å². The zero-order valence-electron chi connectivity index (χ0n) is 18.2. The molecule has 0 saturated heterocycles. The van der Waals surface area contributed by atoms with Crippen LogP contribution in [0.5, 0.6) is 0 Å². The van der Waals surface area contributed by atoms with Gasteiger partial charge in [-0.25, -0.2) is 9.97 Å². The molecule has 0 spiro atoms. The first-order valence-electron chi connectivity index (χ1n) is 10.3. The van der Waals surface area contributed by atoms with Gasteiger partial charge in [-0.15, -0.1) is 0 Å². The summed E-state index contributed by atoms with van der Waals surface area (Å²) in [5, 5.41) is 17.4. The molecular weight excluding hydrogens is 418 g/mol. The first-order chi connectivity index (χ1) is 14.2. The highest BCUT2D eigenvalue weighted by atomic mass is 32.2. The van der Waals surface area contributed by atoms with Gasteiger partial charge in [0.15, 0.2) is 16.6 Å². The smallest absolute Gasteiger partial charge is 0.306 e. The van der Waals surface area contributed by atoms with Crippen molar-refractivity contribution in [2.45, 2.75) is 69.4 Å². The maximum Gasteiger partial charge on any atom is 0.306 e. The zero-order valence-corrected chi connectivity index (χ0v) is 19.8. The predicted molar refractivity (Wildman–Crippen MR) is 126 cm³/mol. The highest BCUT2D eigenvalue weighted by molar-refractivity contribution is 7.99. The van der Waals surface area contributed by atoms with E-state index in [2.05, 4.69) is 67.4 Å². The van der Waals surface area contributed by atoms with Crippen LogP contribution in [0.3, 0.4) is 0 Å². The first-order valence-corrected chi connectivity index (χ1v) is 12.0. The number of allylic oxidation sites excluding steroid dienone is 2. The molecule has 0 amide bonds. The lowest BCUT2D eigenvalue weighted by Gasteiger charge is -2.36. The van der Waals surface area contributed by atoms with Gasteiger partial charge in [-0.3, -0.25) is 9.78 Å². The van der Waals surface area contributed by atoms with Crippen LogP contribution in [-0.2, 0) is 0 Å². The summed E-state index contributed by atoms with van der Waals surface area (Å²) >= 11 is 2.69. The third kappa shape index (κ3) is 5.25. The Hall–Kier alpha value is -1.84. The lowest BCUT2D eigenvalue weighted by Crippen LogP contribution is -2.47. The van der Waals surface area contributed by atoms with Crippen LogP contribution in [-0.4, -0.2) is 43.5 Å². The third-order valence-electron chi connectivity index (χ3n) is 5.13. The van der Waals surface area contributed by atoms with E-state index in [0.29, 0.717) is 27.2 Å². The lowest BCUT2D eigenvalue weighted by atomic mass is 9.91. The first kappa shape index (κ1) is 22.8. The Morgan fingerprint density at radius 3 is 2.77 bits per heavy atom. The molecule has 0 bridgehead atoms. The molecule has 2 aromatic heterocycles. The van der Waals surface area contributed by atoms with E-state index in [1.807, 2.05) is 6.20 Å². The number of hydrogen-bond acceptors (Lipinski definition) is 8. The highest BCUT2D eigenvalue weighted by Gasteiger charge is 2.33. The summed E-state index contributed by atoms with van der Waals surface area (Å²) in [4.78, 5) is 24.0. The van der Waals surface area contributed by atoms with E-state index in [-0.39, 0.29) is 28.3 Å². The number of thiazole rings is 1. The molecule has 0 aromatic carbocycles. The van der Waals surface area contributed by atoms with E-state index >= 15 is 0 Å². The number of aliphatic hydroxyl groups excluding tert-OH is 1. The largest absolute Gasteiger partial charge is 0.394 e. The number of H-pyrrole nitrogens is 1. The number of thioether (sulfide) groups is 1. The van der Waals surface area contributed by atoms with Crippen LogP contribution in [0.4, 0.5) is 5.82 Å². The van der Waals surface area contributed by atoms with Crippen LogP contribution < -0.4 is 15.5 Å². The number of aromatic amines is 1. The van der Waals surface area contributed by atoms with Crippen molar-refractivity contribution < 1.29 is 5.11 Å². The maximum atomic E-state index is 12.0. The lowest BCUT2D eigenvalue weighted by molar-refractivity contribution is 0.259. The van der Waals surface area contributed by atoms with Crippen LogP contribution in [0, 0.1) is 5.92 Å². The van der Waals surface area contributed by atoms with Crippen molar-refractivity contribution in [2.24, 2.45) is 5.92 Å². The van der Waals surface area contributed by atoms with Crippen molar-refractivity contribution in [2.75, 3.05) is 11.9 Å². The number of aliphatic hydroxyl groups is 1. The van der Waals surface area contributed by atoms with Crippen LogP contribution in [0.25, 0.3) is 10.3 Å². The average molecular weight is 450 g/mol. The molecule has 30 heavy (non-hydrogen) atoms. The van der Waals surface area contributed by atoms with Crippen LogP contribution in [0.15, 0.2) is 33.9 Å². The van der Waals surface area contributed by atoms with Gasteiger partial charge < -0.3 is 15.7 Å². The summed E-state index contributed by atoms with van der Waals surface area (Å²) in [5.41, 5.74) is 1.53. The molecule has 7 nitrogen and oxygen atoms in total. The van der Waals surface area contributed by atoms with E-state index < -0.39 is 0 Å². The minimum atomic E-state index is -0.225. The summed E-state index contributed by atoms with van der Waals surface area (Å²) in [5.74, 6) is 1.03. The summed E-state index contributed by atoms with van der Waals surface area (Å²) in [6.07, 6.45) is 8.01. The minimum absolute atomic E-state index is 0.00144. The number of nitrogens with zero attached hydrogens (tertiary/aromatic N) is 2.